The summed E-state index contributed by atoms with van der Waals surface area (Å²) in [6, 6.07) is 19.3. The first-order chi connectivity index (χ1) is 14.9. The number of para-hydroxylation sites is 1. The summed E-state index contributed by atoms with van der Waals surface area (Å²) in [5, 5.41) is 4.78. The van der Waals surface area contributed by atoms with Gasteiger partial charge in [0, 0.05) is 24.0 Å². The average molecular weight is 416 g/mol. The van der Waals surface area contributed by atoms with Gasteiger partial charge in [-0.2, -0.15) is 0 Å². The Morgan fingerprint density at radius 2 is 1.68 bits per heavy atom. The van der Waals surface area contributed by atoms with E-state index in [1.54, 1.807) is 4.90 Å². The van der Waals surface area contributed by atoms with Crippen molar-refractivity contribution in [3.63, 3.8) is 0 Å². The predicted octanol–water partition coefficient (Wildman–Crippen LogP) is 3.99. The van der Waals surface area contributed by atoms with Gasteiger partial charge in [-0.1, -0.05) is 54.6 Å². The van der Waals surface area contributed by atoms with Gasteiger partial charge in [-0.15, -0.1) is 0 Å². The van der Waals surface area contributed by atoms with Crippen LogP contribution in [-0.2, 0) is 19.1 Å². The highest BCUT2D eigenvalue weighted by Crippen LogP contribution is 2.32. The summed E-state index contributed by atoms with van der Waals surface area (Å²) in [7, 11) is 0. The summed E-state index contributed by atoms with van der Waals surface area (Å²) < 4.78 is 5.23. The first-order valence-corrected chi connectivity index (χ1v) is 10.2. The third-order valence-electron chi connectivity index (χ3n) is 5.61. The number of aryl methyl sites for hydroxylation is 2. The SMILES string of the molecule is Cc1cccc(C)c1NC(=O)COC(=O)[C@@H]1CC(=O)N(c2cccc3ccccc23)C1. The van der Waals surface area contributed by atoms with Crippen molar-refractivity contribution >= 4 is 39.9 Å². The Morgan fingerprint density at radius 3 is 2.45 bits per heavy atom. The van der Waals surface area contributed by atoms with E-state index in [4.69, 9.17) is 4.74 Å². The van der Waals surface area contributed by atoms with E-state index in [-0.39, 0.29) is 25.5 Å². The molecule has 0 bridgehead atoms. The molecule has 4 rings (SSSR count). The minimum atomic E-state index is -0.598. The molecule has 3 aromatic carbocycles. The molecule has 31 heavy (non-hydrogen) atoms. The number of hydrogen-bond donors (Lipinski definition) is 1. The minimum absolute atomic E-state index is 0.0700. The van der Waals surface area contributed by atoms with E-state index in [0.717, 1.165) is 33.3 Å². The van der Waals surface area contributed by atoms with Crippen LogP contribution in [0.3, 0.4) is 0 Å². The van der Waals surface area contributed by atoms with E-state index in [9.17, 15) is 14.4 Å². The standard InChI is InChI=1S/C25H24N2O4/c1-16-7-5-8-17(2)24(16)26-22(28)15-31-25(30)19-13-23(29)27(14-19)21-12-6-10-18-9-3-4-11-20(18)21/h3-12,19H,13-15H2,1-2H3,(H,26,28)/t19-/m1/s1. The molecule has 1 N–H and O–H groups in total. The van der Waals surface area contributed by atoms with Gasteiger partial charge in [0.25, 0.3) is 5.91 Å². The third kappa shape index (κ3) is 4.28. The molecule has 6 heteroatoms. The first-order valence-electron chi connectivity index (χ1n) is 10.2. The van der Waals surface area contributed by atoms with Crippen LogP contribution in [0.2, 0.25) is 0 Å². The lowest BCUT2D eigenvalue weighted by molar-refractivity contribution is -0.151. The molecule has 158 valence electrons. The van der Waals surface area contributed by atoms with E-state index in [2.05, 4.69) is 5.32 Å². The second kappa shape index (κ2) is 8.60. The molecule has 3 aromatic rings. The topological polar surface area (TPSA) is 75.7 Å². The number of nitrogens with one attached hydrogen (secondary N) is 1. The number of anilines is 2. The normalized spacial score (nSPS) is 15.9. The number of benzene rings is 3. The van der Waals surface area contributed by atoms with Gasteiger partial charge in [0.1, 0.15) is 0 Å². The van der Waals surface area contributed by atoms with Crippen molar-refractivity contribution in [2.75, 3.05) is 23.4 Å². The molecule has 0 unspecified atom stereocenters. The monoisotopic (exact) mass is 416 g/mol. The fourth-order valence-corrected chi connectivity index (χ4v) is 3.98. The van der Waals surface area contributed by atoms with Crippen molar-refractivity contribution in [2.24, 2.45) is 5.92 Å². The van der Waals surface area contributed by atoms with Crippen molar-refractivity contribution in [2.45, 2.75) is 20.3 Å². The van der Waals surface area contributed by atoms with Crippen LogP contribution in [-0.4, -0.2) is 30.9 Å². The van der Waals surface area contributed by atoms with Crippen LogP contribution >= 0.6 is 0 Å². The Bertz CT molecular complexity index is 1150. The van der Waals surface area contributed by atoms with Gasteiger partial charge in [0.2, 0.25) is 5.91 Å². The molecule has 0 aliphatic carbocycles. The molecular weight excluding hydrogens is 392 g/mol. The molecule has 0 spiro atoms. The number of ether oxygens (including phenoxy) is 1. The zero-order valence-electron chi connectivity index (χ0n) is 17.6. The maximum absolute atomic E-state index is 12.6. The lowest BCUT2D eigenvalue weighted by Gasteiger charge is -2.19. The quantitative estimate of drug-likeness (QED) is 0.638. The van der Waals surface area contributed by atoms with Crippen molar-refractivity contribution in [1.29, 1.82) is 0 Å². The lowest BCUT2D eigenvalue weighted by atomic mass is 10.1. The van der Waals surface area contributed by atoms with Crippen molar-refractivity contribution in [3.05, 3.63) is 71.8 Å². The van der Waals surface area contributed by atoms with Crippen LogP contribution in [0.1, 0.15) is 17.5 Å². The summed E-state index contributed by atoms with van der Waals surface area (Å²) in [5.41, 5.74) is 3.38. The van der Waals surface area contributed by atoms with Gasteiger partial charge in [-0.05, 0) is 36.4 Å². The van der Waals surface area contributed by atoms with Crippen LogP contribution in [0.25, 0.3) is 10.8 Å². The van der Waals surface area contributed by atoms with Gasteiger partial charge in [0.15, 0.2) is 6.61 Å². The highest BCUT2D eigenvalue weighted by molar-refractivity contribution is 6.06. The van der Waals surface area contributed by atoms with E-state index in [1.165, 1.54) is 0 Å². The van der Waals surface area contributed by atoms with Gasteiger partial charge < -0.3 is 15.0 Å². The molecule has 0 radical (unpaired) electrons. The van der Waals surface area contributed by atoms with Crippen LogP contribution in [0.4, 0.5) is 11.4 Å². The van der Waals surface area contributed by atoms with Crippen molar-refractivity contribution in [1.82, 2.24) is 0 Å². The maximum Gasteiger partial charge on any atom is 0.311 e. The number of rotatable bonds is 5. The number of esters is 1. The Balaban J connectivity index is 1.39. The van der Waals surface area contributed by atoms with Gasteiger partial charge in [-0.3, -0.25) is 14.4 Å². The number of carbonyl (C=O) groups is 3. The summed E-state index contributed by atoms with van der Waals surface area (Å²) in [5.74, 6) is -1.66. The molecular formula is C25H24N2O4. The van der Waals surface area contributed by atoms with Gasteiger partial charge in [-0.25, -0.2) is 0 Å². The molecule has 1 heterocycles. The van der Waals surface area contributed by atoms with Crippen molar-refractivity contribution < 1.29 is 19.1 Å². The molecule has 1 aliphatic heterocycles. The zero-order valence-corrected chi connectivity index (χ0v) is 17.6. The molecule has 1 atom stereocenters. The predicted molar refractivity (Wildman–Crippen MR) is 120 cm³/mol. The van der Waals surface area contributed by atoms with Crippen LogP contribution in [0.5, 0.6) is 0 Å². The number of carbonyl (C=O) groups excluding carboxylic acids is 3. The highest BCUT2D eigenvalue weighted by Gasteiger charge is 2.36. The molecule has 6 nitrogen and oxygen atoms in total. The fraction of sp³-hybridized carbons (Fsp3) is 0.240. The zero-order chi connectivity index (χ0) is 22.0. The summed E-state index contributed by atoms with van der Waals surface area (Å²) in [6.45, 7) is 3.66. The molecule has 0 aromatic heterocycles. The minimum Gasteiger partial charge on any atom is -0.455 e. The molecule has 1 aliphatic rings. The maximum atomic E-state index is 12.6. The van der Waals surface area contributed by atoms with Crippen LogP contribution < -0.4 is 10.2 Å². The Hall–Kier alpha value is -3.67. The Kier molecular flexibility index (Phi) is 5.71. The largest absolute Gasteiger partial charge is 0.455 e. The Labute approximate surface area is 180 Å². The van der Waals surface area contributed by atoms with Crippen LogP contribution in [0, 0.1) is 19.8 Å². The summed E-state index contributed by atoms with van der Waals surface area (Å²) >= 11 is 0. The molecule has 2 amide bonds. The molecule has 1 fully saturated rings. The first kappa shape index (κ1) is 20.6. The Morgan fingerprint density at radius 1 is 1.00 bits per heavy atom. The number of hydrogen-bond acceptors (Lipinski definition) is 4. The second-order valence-corrected chi connectivity index (χ2v) is 7.83. The second-order valence-electron chi connectivity index (χ2n) is 7.83. The number of fused-ring (bicyclic) bond motifs is 1. The van der Waals surface area contributed by atoms with E-state index < -0.39 is 17.8 Å². The smallest absolute Gasteiger partial charge is 0.311 e. The summed E-state index contributed by atoms with van der Waals surface area (Å²) in [6.07, 6.45) is 0.0700. The third-order valence-corrected chi connectivity index (χ3v) is 5.61. The number of nitrogens with zero attached hydrogens (tertiary/aromatic N) is 1. The van der Waals surface area contributed by atoms with E-state index in [0.29, 0.717) is 0 Å². The van der Waals surface area contributed by atoms with E-state index >= 15 is 0 Å². The average Bonchev–Trinajstić information content (AvgIpc) is 3.16. The lowest BCUT2D eigenvalue weighted by Crippen LogP contribution is -2.28. The van der Waals surface area contributed by atoms with Crippen molar-refractivity contribution in [3.8, 4) is 0 Å². The number of amides is 2. The summed E-state index contributed by atoms with van der Waals surface area (Å²) in [4.78, 5) is 39.1. The molecule has 1 saturated heterocycles. The van der Waals surface area contributed by atoms with Gasteiger partial charge in [0.05, 0.1) is 11.6 Å². The van der Waals surface area contributed by atoms with Gasteiger partial charge >= 0.3 is 5.97 Å². The fourth-order valence-electron chi connectivity index (χ4n) is 3.98. The highest BCUT2D eigenvalue weighted by atomic mass is 16.5. The van der Waals surface area contributed by atoms with Crippen LogP contribution in [0.15, 0.2) is 60.7 Å². The van der Waals surface area contributed by atoms with E-state index in [1.807, 2.05) is 74.5 Å². The molecule has 0 saturated carbocycles.